The lowest BCUT2D eigenvalue weighted by Crippen LogP contribution is -2.36. The van der Waals surface area contributed by atoms with E-state index in [1.165, 1.54) is 0 Å². The second kappa shape index (κ2) is 7.13. The van der Waals surface area contributed by atoms with Crippen molar-refractivity contribution >= 4 is 5.82 Å². The molecule has 0 bridgehead atoms. The second-order valence-electron chi connectivity index (χ2n) is 7.09. The van der Waals surface area contributed by atoms with Crippen molar-refractivity contribution in [3.05, 3.63) is 54.6 Å². The molecule has 28 heavy (non-hydrogen) atoms. The van der Waals surface area contributed by atoms with Crippen LogP contribution >= 0.6 is 0 Å². The standard InChI is InChI=1S/C22H21N3O3/c26-17-8-10-25(11-9-17)21-13-18(15-4-2-1-3-5-15)23-22(24-21)16-6-7-19-20(12-16)28-14-27-19/h1-7,12-13,17,26H,8-11,14H2. The number of fused-ring (bicyclic) bond motifs is 1. The average molecular weight is 375 g/mol. The van der Waals surface area contributed by atoms with E-state index in [1.807, 2.05) is 42.5 Å². The first kappa shape index (κ1) is 17.0. The van der Waals surface area contributed by atoms with E-state index in [-0.39, 0.29) is 12.9 Å². The van der Waals surface area contributed by atoms with Gasteiger partial charge in [0.05, 0.1) is 11.8 Å². The molecule has 1 aromatic heterocycles. The maximum absolute atomic E-state index is 9.84. The molecule has 142 valence electrons. The van der Waals surface area contributed by atoms with Gasteiger partial charge in [-0.25, -0.2) is 9.97 Å². The first-order valence-electron chi connectivity index (χ1n) is 9.54. The van der Waals surface area contributed by atoms with Gasteiger partial charge in [-0.15, -0.1) is 0 Å². The van der Waals surface area contributed by atoms with Crippen LogP contribution in [0.25, 0.3) is 22.6 Å². The van der Waals surface area contributed by atoms with Crippen molar-refractivity contribution in [2.75, 3.05) is 24.8 Å². The normalized spacial score (nSPS) is 16.4. The third kappa shape index (κ3) is 3.27. The van der Waals surface area contributed by atoms with Crippen LogP contribution < -0.4 is 14.4 Å². The lowest BCUT2D eigenvalue weighted by atomic mass is 10.1. The summed E-state index contributed by atoms with van der Waals surface area (Å²) in [4.78, 5) is 11.9. The Balaban J connectivity index is 1.59. The number of piperidine rings is 1. The van der Waals surface area contributed by atoms with Crippen LogP contribution in [0.4, 0.5) is 5.82 Å². The largest absolute Gasteiger partial charge is 0.454 e. The van der Waals surface area contributed by atoms with E-state index in [1.54, 1.807) is 0 Å². The van der Waals surface area contributed by atoms with Crippen LogP contribution in [0.5, 0.6) is 11.5 Å². The van der Waals surface area contributed by atoms with Crippen LogP contribution in [0.15, 0.2) is 54.6 Å². The molecule has 2 aliphatic rings. The SMILES string of the molecule is OC1CCN(c2cc(-c3ccccc3)nc(-c3ccc4c(c3)OCO4)n2)CC1. The van der Waals surface area contributed by atoms with Gasteiger partial charge < -0.3 is 19.5 Å². The Morgan fingerprint density at radius 1 is 0.857 bits per heavy atom. The minimum Gasteiger partial charge on any atom is -0.454 e. The summed E-state index contributed by atoms with van der Waals surface area (Å²) in [5, 5.41) is 9.84. The van der Waals surface area contributed by atoms with E-state index in [4.69, 9.17) is 19.4 Å². The highest BCUT2D eigenvalue weighted by Crippen LogP contribution is 2.36. The summed E-state index contributed by atoms with van der Waals surface area (Å²) in [5.74, 6) is 3.00. The summed E-state index contributed by atoms with van der Waals surface area (Å²) in [6, 6.07) is 17.9. The lowest BCUT2D eigenvalue weighted by molar-refractivity contribution is 0.145. The van der Waals surface area contributed by atoms with Gasteiger partial charge in [0.25, 0.3) is 0 Å². The molecule has 0 radical (unpaired) electrons. The highest BCUT2D eigenvalue weighted by atomic mass is 16.7. The Morgan fingerprint density at radius 2 is 1.64 bits per heavy atom. The van der Waals surface area contributed by atoms with Crippen molar-refractivity contribution in [1.29, 1.82) is 0 Å². The number of nitrogens with zero attached hydrogens (tertiary/aromatic N) is 3. The van der Waals surface area contributed by atoms with Gasteiger partial charge in [-0.2, -0.15) is 0 Å². The van der Waals surface area contributed by atoms with Crippen molar-refractivity contribution in [2.45, 2.75) is 18.9 Å². The lowest BCUT2D eigenvalue weighted by Gasteiger charge is -2.31. The predicted molar refractivity (Wildman–Crippen MR) is 106 cm³/mol. The van der Waals surface area contributed by atoms with Gasteiger partial charge in [-0.05, 0) is 31.0 Å². The first-order valence-corrected chi connectivity index (χ1v) is 9.54. The second-order valence-corrected chi connectivity index (χ2v) is 7.09. The van der Waals surface area contributed by atoms with Crippen LogP contribution in [0.2, 0.25) is 0 Å². The highest BCUT2D eigenvalue weighted by Gasteiger charge is 2.21. The maximum Gasteiger partial charge on any atom is 0.231 e. The monoisotopic (exact) mass is 375 g/mol. The smallest absolute Gasteiger partial charge is 0.231 e. The van der Waals surface area contributed by atoms with E-state index in [0.717, 1.165) is 54.3 Å². The zero-order chi connectivity index (χ0) is 18.9. The maximum atomic E-state index is 9.84. The van der Waals surface area contributed by atoms with Crippen LogP contribution in [0.3, 0.4) is 0 Å². The molecule has 3 heterocycles. The fourth-order valence-corrected chi connectivity index (χ4v) is 3.61. The van der Waals surface area contributed by atoms with Crippen LogP contribution in [-0.2, 0) is 0 Å². The number of aliphatic hydroxyl groups is 1. The van der Waals surface area contributed by atoms with Gasteiger partial charge in [-0.3, -0.25) is 0 Å². The van der Waals surface area contributed by atoms with Crippen molar-refractivity contribution < 1.29 is 14.6 Å². The average Bonchev–Trinajstić information content (AvgIpc) is 3.22. The van der Waals surface area contributed by atoms with Crippen molar-refractivity contribution in [3.8, 4) is 34.1 Å². The van der Waals surface area contributed by atoms with Gasteiger partial charge in [0.1, 0.15) is 5.82 Å². The summed E-state index contributed by atoms with van der Waals surface area (Å²) in [6.07, 6.45) is 1.29. The number of hydrogen-bond donors (Lipinski definition) is 1. The fraction of sp³-hybridized carbons (Fsp3) is 0.273. The Hall–Kier alpha value is -3.12. The number of hydrogen-bond acceptors (Lipinski definition) is 6. The Bertz CT molecular complexity index is 986. The van der Waals surface area contributed by atoms with E-state index < -0.39 is 0 Å². The Morgan fingerprint density at radius 3 is 2.46 bits per heavy atom. The molecule has 0 amide bonds. The molecule has 1 N–H and O–H groups in total. The molecular formula is C22H21N3O3. The third-order valence-electron chi connectivity index (χ3n) is 5.20. The minimum atomic E-state index is -0.222. The molecule has 3 aromatic rings. The molecule has 0 saturated carbocycles. The molecular weight excluding hydrogens is 354 g/mol. The first-order chi connectivity index (χ1) is 13.8. The molecule has 6 nitrogen and oxygen atoms in total. The summed E-state index contributed by atoms with van der Waals surface area (Å²) in [5.41, 5.74) is 2.81. The molecule has 1 fully saturated rings. The fourth-order valence-electron chi connectivity index (χ4n) is 3.61. The molecule has 5 rings (SSSR count). The highest BCUT2D eigenvalue weighted by molar-refractivity contribution is 5.69. The molecule has 0 aliphatic carbocycles. The summed E-state index contributed by atoms with van der Waals surface area (Å²) < 4.78 is 10.9. The minimum absolute atomic E-state index is 0.222. The number of rotatable bonds is 3. The van der Waals surface area contributed by atoms with Gasteiger partial charge in [0.15, 0.2) is 17.3 Å². The van der Waals surface area contributed by atoms with Gasteiger partial charge in [0, 0.05) is 30.3 Å². The summed E-state index contributed by atoms with van der Waals surface area (Å²) in [6.45, 7) is 1.81. The van der Waals surface area contributed by atoms with Crippen LogP contribution in [-0.4, -0.2) is 41.1 Å². The van der Waals surface area contributed by atoms with E-state index in [0.29, 0.717) is 11.6 Å². The van der Waals surface area contributed by atoms with Crippen molar-refractivity contribution in [3.63, 3.8) is 0 Å². The molecule has 0 atom stereocenters. The molecule has 6 heteroatoms. The van der Waals surface area contributed by atoms with E-state index in [9.17, 15) is 5.11 Å². The van der Waals surface area contributed by atoms with Crippen molar-refractivity contribution in [1.82, 2.24) is 9.97 Å². The predicted octanol–water partition coefficient (Wildman–Crippen LogP) is 3.50. The quantitative estimate of drug-likeness (QED) is 0.756. The number of benzene rings is 2. The zero-order valence-corrected chi connectivity index (χ0v) is 15.4. The molecule has 0 spiro atoms. The van der Waals surface area contributed by atoms with Gasteiger partial charge in [0.2, 0.25) is 6.79 Å². The van der Waals surface area contributed by atoms with Crippen LogP contribution in [0.1, 0.15) is 12.8 Å². The molecule has 2 aliphatic heterocycles. The van der Waals surface area contributed by atoms with E-state index >= 15 is 0 Å². The summed E-state index contributed by atoms with van der Waals surface area (Å²) >= 11 is 0. The Labute approximate surface area is 163 Å². The topological polar surface area (TPSA) is 67.7 Å². The molecule has 2 aromatic carbocycles. The summed E-state index contributed by atoms with van der Waals surface area (Å²) in [7, 11) is 0. The third-order valence-corrected chi connectivity index (χ3v) is 5.20. The number of ether oxygens (including phenoxy) is 2. The molecule has 1 saturated heterocycles. The molecule has 0 unspecified atom stereocenters. The Kier molecular flexibility index (Phi) is 4.33. The van der Waals surface area contributed by atoms with E-state index in [2.05, 4.69) is 17.0 Å². The number of aromatic nitrogens is 2. The van der Waals surface area contributed by atoms with Gasteiger partial charge >= 0.3 is 0 Å². The zero-order valence-electron chi connectivity index (χ0n) is 15.4. The van der Waals surface area contributed by atoms with Crippen molar-refractivity contribution in [2.24, 2.45) is 0 Å². The van der Waals surface area contributed by atoms with Gasteiger partial charge in [-0.1, -0.05) is 30.3 Å². The number of aliphatic hydroxyl groups excluding tert-OH is 1. The number of anilines is 1. The van der Waals surface area contributed by atoms with Crippen LogP contribution in [0, 0.1) is 0 Å².